The molecule has 0 bridgehead atoms. The van der Waals surface area contributed by atoms with Crippen molar-refractivity contribution in [2.24, 2.45) is 0 Å². The number of aromatic nitrogens is 1. The van der Waals surface area contributed by atoms with E-state index in [1.54, 1.807) is 0 Å². The Morgan fingerprint density at radius 1 is 1.09 bits per heavy atom. The molecule has 2 nitrogen and oxygen atoms in total. The van der Waals surface area contributed by atoms with Crippen molar-refractivity contribution in [3.8, 4) is 11.1 Å². The lowest BCUT2D eigenvalue weighted by Crippen LogP contribution is -1.93. The fourth-order valence-electron chi connectivity index (χ4n) is 2.88. The first-order valence-corrected chi connectivity index (χ1v) is 7.89. The lowest BCUT2D eigenvalue weighted by atomic mass is 10.0. The second-order valence-corrected chi connectivity index (χ2v) is 5.86. The summed E-state index contributed by atoms with van der Waals surface area (Å²) in [7, 11) is 0. The maximum Gasteiger partial charge on any atom is 0.167 e. The van der Waals surface area contributed by atoms with Gasteiger partial charge < -0.3 is 4.40 Å². The van der Waals surface area contributed by atoms with Crippen LogP contribution in [0.4, 0.5) is 0 Å². The number of aldehydes is 1. The highest BCUT2D eigenvalue weighted by Crippen LogP contribution is 2.27. The van der Waals surface area contributed by atoms with Gasteiger partial charge >= 0.3 is 0 Å². The Balaban J connectivity index is 2.04. The highest BCUT2D eigenvalue weighted by Gasteiger charge is 2.11. The van der Waals surface area contributed by atoms with E-state index < -0.39 is 0 Å². The van der Waals surface area contributed by atoms with Crippen molar-refractivity contribution in [3.63, 3.8) is 0 Å². The third-order valence-corrected chi connectivity index (χ3v) is 4.15. The number of rotatable bonds is 5. The minimum Gasteiger partial charge on any atom is -0.313 e. The van der Waals surface area contributed by atoms with Crippen LogP contribution in [0.25, 0.3) is 16.6 Å². The highest BCUT2D eigenvalue weighted by molar-refractivity contribution is 5.89. The van der Waals surface area contributed by atoms with Gasteiger partial charge in [-0.1, -0.05) is 43.7 Å². The molecule has 3 rings (SSSR count). The summed E-state index contributed by atoms with van der Waals surface area (Å²) >= 11 is 0. The molecule has 2 aromatic heterocycles. The number of nitrogens with zero attached hydrogens (tertiary/aromatic N) is 1. The molecule has 3 aromatic rings. The van der Waals surface area contributed by atoms with Gasteiger partial charge in [-0.2, -0.15) is 0 Å². The predicted octanol–water partition coefficient (Wildman–Crippen LogP) is 5.07. The molecule has 0 amide bonds. The largest absolute Gasteiger partial charge is 0.313 e. The van der Waals surface area contributed by atoms with Gasteiger partial charge in [-0.25, -0.2) is 0 Å². The third-order valence-electron chi connectivity index (χ3n) is 4.15. The van der Waals surface area contributed by atoms with Crippen molar-refractivity contribution < 1.29 is 4.79 Å². The molecule has 0 N–H and O–H groups in total. The molecule has 2 heteroatoms. The molecule has 0 atom stereocenters. The fourth-order valence-corrected chi connectivity index (χ4v) is 2.88. The van der Waals surface area contributed by atoms with Gasteiger partial charge in [-0.05, 0) is 48.6 Å². The molecule has 112 valence electrons. The van der Waals surface area contributed by atoms with E-state index in [4.69, 9.17) is 0 Å². The number of hydrogen-bond donors (Lipinski definition) is 0. The molecule has 22 heavy (non-hydrogen) atoms. The van der Waals surface area contributed by atoms with Crippen molar-refractivity contribution in [3.05, 3.63) is 65.5 Å². The Morgan fingerprint density at radius 3 is 2.55 bits per heavy atom. The summed E-state index contributed by atoms with van der Waals surface area (Å²) in [6, 6.07) is 14.8. The molecule has 2 heterocycles. The molecule has 0 saturated heterocycles. The van der Waals surface area contributed by atoms with E-state index in [1.807, 2.05) is 17.5 Å². The Bertz CT molecular complexity index is 796. The monoisotopic (exact) mass is 291 g/mol. The molecule has 1 aromatic carbocycles. The van der Waals surface area contributed by atoms with E-state index >= 15 is 0 Å². The van der Waals surface area contributed by atoms with Gasteiger partial charge in [0.05, 0.1) is 5.69 Å². The Hall–Kier alpha value is -2.35. The lowest BCUT2D eigenvalue weighted by Gasteiger charge is -2.04. The Labute approximate surface area is 131 Å². The van der Waals surface area contributed by atoms with Crippen LogP contribution in [-0.2, 0) is 6.42 Å². The van der Waals surface area contributed by atoms with Crippen molar-refractivity contribution in [2.75, 3.05) is 0 Å². The second-order valence-electron chi connectivity index (χ2n) is 5.86. The Kier molecular flexibility index (Phi) is 4.10. The zero-order valence-corrected chi connectivity index (χ0v) is 13.2. The summed E-state index contributed by atoms with van der Waals surface area (Å²) in [5.41, 5.74) is 6.38. The van der Waals surface area contributed by atoms with E-state index in [1.165, 1.54) is 18.4 Å². The van der Waals surface area contributed by atoms with Crippen LogP contribution in [0, 0.1) is 6.92 Å². The minimum absolute atomic E-state index is 0.722. The van der Waals surface area contributed by atoms with Crippen molar-refractivity contribution in [1.29, 1.82) is 0 Å². The second kappa shape index (κ2) is 6.18. The maximum atomic E-state index is 11.6. The van der Waals surface area contributed by atoms with Gasteiger partial charge in [0.25, 0.3) is 0 Å². The maximum absolute atomic E-state index is 11.6. The summed E-state index contributed by atoms with van der Waals surface area (Å²) in [5, 5.41) is 0. The van der Waals surface area contributed by atoms with Crippen LogP contribution in [0.15, 0.2) is 48.7 Å². The number of aryl methyl sites for hydroxylation is 2. The zero-order valence-electron chi connectivity index (χ0n) is 13.2. The SMILES string of the molecule is CCCCc1ccc(-c2cc3ccc(C)cn3c2C=O)cc1. The van der Waals surface area contributed by atoms with Gasteiger partial charge in [-0.3, -0.25) is 4.79 Å². The molecule has 0 radical (unpaired) electrons. The normalized spacial score (nSPS) is 11.0. The van der Waals surface area contributed by atoms with Crippen molar-refractivity contribution in [2.45, 2.75) is 33.1 Å². The van der Waals surface area contributed by atoms with E-state index in [2.05, 4.69) is 49.4 Å². The van der Waals surface area contributed by atoms with Crippen LogP contribution < -0.4 is 0 Å². The zero-order chi connectivity index (χ0) is 15.5. The molecular weight excluding hydrogens is 270 g/mol. The van der Waals surface area contributed by atoms with Crippen LogP contribution in [0.5, 0.6) is 0 Å². The standard InChI is InChI=1S/C20H21NO/c1-3-4-5-16-7-9-17(10-8-16)19-12-18-11-6-15(2)13-21(18)20(19)14-22/h6-14H,3-5H2,1-2H3. The van der Waals surface area contributed by atoms with E-state index in [9.17, 15) is 4.79 Å². The molecule has 0 aliphatic heterocycles. The first kappa shape index (κ1) is 14.6. The first-order chi connectivity index (χ1) is 10.7. The number of carbonyl (C=O) groups excluding carboxylic acids is 1. The summed E-state index contributed by atoms with van der Waals surface area (Å²) in [5.74, 6) is 0. The molecule has 0 aliphatic carbocycles. The number of carbonyl (C=O) groups is 1. The van der Waals surface area contributed by atoms with Crippen LogP contribution >= 0.6 is 0 Å². The average Bonchev–Trinajstić information content (AvgIpc) is 2.91. The topological polar surface area (TPSA) is 21.5 Å². The molecule has 0 saturated carbocycles. The predicted molar refractivity (Wildman–Crippen MR) is 91.6 cm³/mol. The minimum atomic E-state index is 0.722. The number of benzene rings is 1. The number of unbranched alkanes of at least 4 members (excludes halogenated alkanes) is 1. The van der Waals surface area contributed by atoms with E-state index in [0.29, 0.717) is 0 Å². The van der Waals surface area contributed by atoms with E-state index in [0.717, 1.165) is 40.6 Å². The average molecular weight is 291 g/mol. The van der Waals surface area contributed by atoms with E-state index in [-0.39, 0.29) is 0 Å². The summed E-state index contributed by atoms with van der Waals surface area (Å²) < 4.78 is 1.97. The molecule has 0 unspecified atom stereocenters. The fraction of sp³-hybridized carbons (Fsp3) is 0.250. The van der Waals surface area contributed by atoms with Crippen molar-refractivity contribution >= 4 is 11.8 Å². The van der Waals surface area contributed by atoms with Crippen LogP contribution in [0.1, 0.15) is 41.4 Å². The number of pyridine rings is 1. The van der Waals surface area contributed by atoms with Gasteiger partial charge in [0.2, 0.25) is 0 Å². The molecule has 0 aliphatic rings. The summed E-state index contributed by atoms with van der Waals surface area (Å²) in [6.45, 7) is 4.25. The number of fused-ring (bicyclic) bond motifs is 1. The van der Waals surface area contributed by atoms with Gasteiger partial charge in [0, 0.05) is 17.3 Å². The first-order valence-electron chi connectivity index (χ1n) is 7.89. The Morgan fingerprint density at radius 2 is 1.86 bits per heavy atom. The number of hydrogen-bond acceptors (Lipinski definition) is 1. The van der Waals surface area contributed by atoms with Crippen LogP contribution in [0.3, 0.4) is 0 Å². The molecule has 0 spiro atoms. The quantitative estimate of drug-likeness (QED) is 0.601. The summed E-state index contributed by atoms with van der Waals surface area (Å²) in [4.78, 5) is 11.6. The molecular formula is C20H21NO. The van der Waals surface area contributed by atoms with Gasteiger partial charge in [-0.15, -0.1) is 0 Å². The van der Waals surface area contributed by atoms with Crippen molar-refractivity contribution in [1.82, 2.24) is 4.40 Å². The van der Waals surface area contributed by atoms with Gasteiger partial charge in [0.15, 0.2) is 6.29 Å². The smallest absolute Gasteiger partial charge is 0.167 e. The highest BCUT2D eigenvalue weighted by atomic mass is 16.1. The van der Waals surface area contributed by atoms with Crippen LogP contribution in [0.2, 0.25) is 0 Å². The van der Waals surface area contributed by atoms with Crippen LogP contribution in [-0.4, -0.2) is 10.7 Å². The third kappa shape index (κ3) is 2.69. The summed E-state index contributed by atoms with van der Waals surface area (Å²) in [6.07, 6.45) is 6.51. The van der Waals surface area contributed by atoms with Gasteiger partial charge in [0.1, 0.15) is 0 Å². The lowest BCUT2D eigenvalue weighted by molar-refractivity contribution is 0.111. The molecule has 0 fully saturated rings.